The number of hydrogen-bond donors (Lipinski definition) is 0. The molecule has 94 valence electrons. The van der Waals surface area contributed by atoms with E-state index < -0.39 is 0 Å². The maximum Gasteiger partial charge on any atom is 0.229 e. The van der Waals surface area contributed by atoms with Crippen LogP contribution in [0.25, 0.3) is 0 Å². The van der Waals surface area contributed by atoms with E-state index in [9.17, 15) is 0 Å². The molecule has 4 heteroatoms. The molecule has 18 heavy (non-hydrogen) atoms. The molecule has 0 atom stereocenters. The second-order valence-corrected chi connectivity index (χ2v) is 5.78. The molecule has 3 nitrogen and oxygen atoms in total. The highest BCUT2D eigenvalue weighted by atomic mass is 127. The molecular formula is C14H16IN3. The molecule has 0 amide bonds. The van der Waals surface area contributed by atoms with Crippen molar-refractivity contribution >= 4 is 34.2 Å². The lowest BCUT2D eigenvalue weighted by molar-refractivity contribution is 0.644. The van der Waals surface area contributed by atoms with Gasteiger partial charge in [0, 0.05) is 28.2 Å². The second kappa shape index (κ2) is 6.13. The maximum absolute atomic E-state index is 4.34. The fraction of sp³-hybridized carbons (Fsp3) is 0.286. The summed E-state index contributed by atoms with van der Waals surface area (Å²) in [5.41, 5.74) is 1.13. The molecule has 2 aromatic rings. The third-order valence-corrected chi connectivity index (χ3v) is 3.20. The molecule has 0 saturated carbocycles. The third kappa shape index (κ3) is 3.41. The summed E-state index contributed by atoms with van der Waals surface area (Å²) in [5.74, 6) is 1.31. The summed E-state index contributed by atoms with van der Waals surface area (Å²) in [7, 11) is 0. The van der Waals surface area contributed by atoms with Crippen LogP contribution < -0.4 is 4.90 Å². The van der Waals surface area contributed by atoms with Crippen LogP contribution in [-0.4, -0.2) is 16.5 Å². The lowest BCUT2D eigenvalue weighted by atomic mass is 10.2. The first-order valence-corrected chi connectivity index (χ1v) is 7.05. The van der Waals surface area contributed by atoms with E-state index in [0.717, 1.165) is 18.2 Å². The van der Waals surface area contributed by atoms with E-state index in [2.05, 4.69) is 75.6 Å². The van der Waals surface area contributed by atoms with Gasteiger partial charge < -0.3 is 4.90 Å². The highest BCUT2D eigenvalue weighted by molar-refractivity contribution is 14.1. The molecular weight excluding hydrogens is 337 g/mol. The Kier molecular flexibility index (Phi) is 4.52. The van der Waals surface area contributed by atoms with Gasteiger partial charge in [0.25, 0.3) is 0 Å². The zero-order valence-corrected chi connectivity index (χ0v) is 12.7. The number of anilines is 2. The normalized spacial score (nSPS) is 10.7. The van der Waals surface area contributed by atoms with E-state index in [1.807, 2.05) is 6.07 Å². The van der Waals surface area contributed by atoms with Crippen molar-refractivity contribution in [1.29, 1.82) is 0 Å². The fourth-order valence-corrected chi connectivity index (χ4v) is 2.08. The van der Waals surface area contributed by atoms with Gasteiger partial charge in [-0.25, -0.2) is 9.97 Å². The topological polar surface area (TPSA) is 29.0 Å². The van der Waals surface area contributed by atoms with E-state index in [1.165, 1.54) is 3.57 Å². The van der Waals surface area contributed by atoms with E-state index in [1.54, 1.807) is 12.4 Å². The van der Waals surface area contributed by atoms with Crippen LogP contribution in [0.3, 0.4) is 0 Å². The van der Waals surface area contributed by atoms with Crippen molar-refractivity contribution in [2.45, 2.75) is 13.8 Å². The molecule has 0 N–H and O–H groups in total. The van der Waals surface area contributed by atoms with Crippen LogP contribution in [0.1, 0.15) is 13.8 Å². The Morgan fingerprint density at radius 3 is 2.28 bits per heavy atom. The lowest BCUT2D eigenvalue weighted by Gasteiger charge is -2.24. The predicted octanol–water partition coefficient (Wildman–Crippen LogP) is 3.88. The highest BCUT2D eigenvalue weighted by Gasteiger charge is 2.13. The van der Waals surface area contributed by atoms with Gasteiger partial charge in [-0.1, -0.05) is 13.8 Å². The van der Waals surface area contributed by atoms with Crippen LogP contribution in [0.2, 0.25) is 0 Å². The molecule has 2 rings (SSSR count). The molecule has 0 aliphatic rings. The summed E-state index contributed by atoms with van der Waals surface area (Å²) in [6.07, 6.45) is 3.56. The van der Waals surface area contributed by atoms with Crippen molar-refractivity contribution in [3.8, 4) is 0 Å². The number of nitrogens with zero attached hydrogens (tertiary/aromatic N) is 3. The molecule has 0 fully saturated rings. The number of aromatic nitrogens is 2. The summed E-state index contributed by atoms with van der Waals surface area (Å²) in [4.78, 5) is 10.8. The smallest absolute Gasteiger partial charge is 0.229 e. The Morgan fingerprint density at radius 1 is 1.11 bits per heavy atom. The molecule has 0 aliphatic heterocycles. The summed E-state index contributed by atoms with van der Waals surface area (Å²) in [6.45, 7) is 5.30. The minimum absolute atomic E-state index is 0.549. The van der Waals surface area contributed by atoms with Gasteiger partial charge in [-0.2, -0.15) is 0 Å². The molecule has 1 aromatic carbocycles. The monoisotopic (exact) mass is 353 g/mol. The summed E-state index contributed by atoms with van der Waals surface area (Å²) >= 11 is 2.31. The number of rotatable bonds is 4. The summed E-state index contributed by atoms with van der Waals surface area (Å²) in [6, 6.07) is 10.3. The molecule has 0 spiro atoms. The van der Waals surface area contributed by atoms with Crippen LogP contribution in [-0.2, 0) is 0 Å². The van der Waals surface area contributed by atoms with Gasteiger partial charge >= 0.3 is 0 Å². The van der Waals surface area contributed by atoms with Crippen molar-refractivity contribution in [2.75, 3.05) is 11.4 Å². The van der Waals surface area contributed by atoms with E-state index in [-0.39, 0.29) is 0 Å². The van der Waals surface area contributed by atoms with Crippen molar-refractivity contribution in [2.24, 2.45) is 5.92 Å². The second-order valence-electron chi connectivity index (χ2n) is 4.53. The van der Waals surface area contributed by atoms with Gasteiger partial charge in [-0.3, -0.25) is 0 Å². The maximum atomic E-state index is 4.34. The fourth-order valence-electron chi connectivity index (χ4n) is 1.72. The average Bonchev–Trinajstić information content (AvgIpc) is 2.38. The van der Waals surface area contributed by atoms with Crippen LogP contribution in [0.4, 0.5) is 11.6 Å². The molecule has 0 radical (unpaired) electrons. The van der Waals surface area contributed by atoms with Crippen LogP contribution >= 0.6 is 22.6 Å². The van der Waals surface area contributed by atoms with Crippen molar-refractivity contribution in [1.82, 2.24) is 9.97 Å². The predicted molar refractivity (Wildman–Crippen MR) is 83.0 cm³/mol. The van der Waals surface area contributed by atoms with Gasteiger partial charge in [0.05, 0.1) is 0 Å². The highest BCUT2D eigenvalue weighted by Crippen LogP contribution is 2.23. The zero-order chi connectivity index (χ0) is 13.0. The van der Waals surface area contributed by atoms with Gasteiger partial charge in [-0.15, -0.1) is 0 Å². The van der Waals surface area contributed by atoms with Crippen molar-refractivity contribution < 1.29 is 0 Å². The standard InChI is InChI=1S/C14H16IN3/c1-11(2)10-18(14-16-8-3-9-17-14)13-6-4-12(15)5-7-13/h3-9,11H,10H2,1-2H3. The minimum atomic E-state index is 0.549. The molecule has 1 aromatic heterocycles. The van der Waals surface area contributed by atoms with E-state index in [0.29, 0.717) is 5.92 Å². The van der Waals surface area contributed by atoms with Gasteiger partial charge in [0.2, 0.25) is 5.95 Å². The Hall–Kier alpha value is -1.17. The third-order valence-electron chi connectivity index (χ3n) is 2.48. The average molecular weight is 353 g/mol. The van der Waals surface area contributed by atoms with Gasteiger partial charge in [0.15, 0.2) is 0 Å². The van der Waals surface area contributed by atoms with Crippen LogP contribution in [0, 0.1) is 9.49 Å². The molecule has 0 aliphatic carbocycles. The zero-order valence-electron chi connectivity index (χ0n) is 10.5. The summed E-state index contributed by atoms with van der Waals surface area (Å²) < 4.78 is 1.23. The van der Waals surface area contributed by atoms with E-state index >= 15 is 0 Å². The Bertz CT molecular complexity index is 482. The molecule has 0 saturated heterocycles. The Labute approximate surface area is 121 Å². The number of halogens is 1. The van der Waals surface area contributed by atoms with Crippen molar-refractivity contribution in [3.05, 3.63) is 46.3 Å². The first-order valence-electron chi connectivity index (χ1n) is 5.97. The van der Waals surface area contributed by atoms with Crippen molar-refractivity contribution in [3.63, 3.8) is 0 Å². The molecule has 0 bridgehead atoms. The van der Waals surface area contributed by atoms with Crippen LogP contribution in [0.5, 0.6) is 0 Å². The van der Waals surface area contributed by atoms with Gasteiger partial charge in [-0.05, 0) is 58.8 Å². The number of hydrogen-bond acceptors (Lipinski definition) is 3. The molecule has 1 heterocycles. The quantitative estimate of drug-likeness (QED) is 0.782. The molecule has 0 unspecified atom stereocenters. The Morgan fingerprint density at radius 2 is 1.72 bits per heavy atom. The lowest BCUT2D eigenvalue weighted by Crippen LogP contribution is -2.24. The van der Waals surface area contributed by atoms with Gasteiger partial charge in [0.1, 0.15) is 0 Å². The number of benzene rings is 1. The first kappa shape index (κ1) is 13.3. The largest absolute Gasteiger partial charge is 0.310 e. The Balaban J connectivity index is 2.33. The minimum Gasteiger partial charge on any atom is -0.310 e. The first-order chi connectivity index (χ1) is 8.66. The summed E-state index contributed by atoms with van der Waals surface area (Å²) in [5, 5.41) is 0. The van der Waals surface area contributed by atoms with Crippen LogP contribution in [0.15, 0.2) is 42.7 Å². The SMILES string of the molecule is CC(C)CN(c1ccc(I)cc1)c1ncccn1. The van der Waals surface area contributed by atoms with E-state index in [4.69, 9.17) is 0 Å².